The van der Waals surface area contributed by atoms with Gasteiger partial charge in [-0.25, -0.2) is 13.6 Å². The molecule has 2 atom stereocenters. The van der Waals surface area contributed by atoms with Gasteiger partial charge >= 0.3 is 18.3 Å². The first-order valence-electron chi connectivity index (χ1n) is 4.89. The second-order valence-electron chi connectivity index (χ2n) is 3.97. The minimum atomic E-state index is -4.84. The van der Waals surface area contributed by atoms with Crippen molar-refractivity contribution in [3.05, 3.63) is 0 Å². The van der Waals surface area contributed by atoms with Crippen LogP contribution in [0.4, 0.5) is 17.6 Å². The molecular weight excluding hydrogens is 246 g/mol. The van der Waals surface area contributed by atoms with Crippen LogP contribution in [-0.4, -0.2) is 46.8 Å². The van der Waals surface area contributed by atoms with Crippen molar-refractivity contribution in [2.24, 2.45) is 5.92 Å². The van der Waals surface area contributed by atoms with Gasteiger partial charge in [-0.3, -0.25) is 4.79 Å². The average Bonchev–Trinajstić information content (AvgIpc) is 2.58. The maximum Gasteiger partial charge on any atom is 0.383 e. The van der Waals surface area contributed by atoms with Crippen LogP contribution >= 0.6 is 0 Å². The number of carboxylic acids is 1. The summed E-state index contributed by atoms with van der Waals surface area (Å²) < 4.78 is 49.6. The van der Waals surface area contributed by atoms with Crippen LogP contribution in [0.1, 0.15) is 13.3 Å². The van der Waals surface area contributed by atoms with Crippen molar-refractivity contribution in [3.63, 3.8) is 0 Å². The minimum Gasteiger partial charge on any atom is -0.480 e. The first-order valence-corrected chi connectivity index (χ1v) is 4.89. The van der Waals surface area contributed by atoms with E-state index in [0.29, 0.717) is 4.90 Å². The maximum absolute atomic E-state index is 12.8. The van der Waals surface area contributed by atoms with Gasteiger partial charge in [0.15, 0.2) is 0 Å². The standard InChI is InChI=1S/C9H11F4NO3/c1-4-2-3-14(5(4)6(15)16)8(17)9(12,13)7(10)11/h4-5,7H,2-3H2,1H3,(H,15,16). The molecule has 0 aliphatic carbocycles. The topological polar surface area (TPSA) is 57.6 Å². The third kappa shape index (κ3) is 2.34. The van der Waals surface area contributed by atoms with Crippen molar-refractivity contribution < 1.29 is 32.3 Å². The highest BCUT2D eigenvalue weighted by Crippen LogP contribution is 2.31. The minimum absolute atomic E-state index is 0.196. The molecule has 0 aromatic heterocycles. The highest BCUT2D eigenvalue weighted by Gasteiger charge is 2.55. The Morgan fingerprint density at radius 2 is 1.94 bits per heavy atom. The Hall–Kier alpha value is -1.34. The second-order valence-corrected chi connectivity index (χ2v) is 3.97. The number of rotatable bonds is 3. The fourth-order valence-electron chi connectivity index (χ4n) is 1.84. The van der Waals surface area contributed by atoms with Crippen LogP contribution < -0.4 is 0 Å². The zero-order chi connectivity index (χ0) is 13.4. The van der Waals surface area contributed by atoms with Gasteiger partial charge in [-0.1, -0.05) is 6.92 Å². The third-order valence-corrected chi connectivity index (χ3v) is 2.77. The molecule has 0 aromatic rings. The summed E-state index contributed by atoms with van der Waals surface area (Å²) in [5.74, 6) is -8.96. The number of likely N-dealkylation sites (tertiary alicyclic amines) is 1. The van der Waals surface area contributed by atoms with E-state index in [1.54, 1.807) is 0 Å². The van der Waals surface area contributed by atoms with E-state index in [2.05, 4.69) is 0 Å². The number of hydrogen-bond donors (Lipinski definition) is 1. The molecular formula is C9H11F4NO3. The molecule has 1 amide bonds. The Labute approximate surface area is 94.2 Å². The van der Waals surface area contributed by atoms with Crippen molar-refractivity contribution in [3.8, 4) is 0 Å². The molecule has 2 unspecified atom stereocenters. The van der Waals surface area contributed by atoms with Gasteiger partial charge in [0.25, 0.3) is 5.91 Å². The second kappa shape index (κ2) is 4.50. The van der Waals surface area contributed by atoms with Crippen molar-refractivity contribution in [1.82, 2.24) is 4.90 Å². The summed E-state index contributed by atoms with van der Waals surface area (Å²) in [5, 5.41) is 8.78. The van der Waals surface area contributed by atoms with E-state index < -0.39 is 36.2 Å². The van der Waals surface area contributed by atoms with E-state index in [4.69, 9.17) is 5.11 Å². The highest BCUT2D eigenvalue weighted by molar-refractivity contribution is 5.89. The lowest BCUT2D eigenvalue weighted by Gasteiger charge is -2.26. The van der Waals surface area contributed by atoms with Crippen molar-refractivity contribution in [1.29, 1.82) is 0 Å². The van der Waals surface area contributed by atoms with Crippen LogP contribution in [0.3, 0.4) is 0 Å². The van der Waals surface area contributed by atoms with E-state index in [9.17, 15) is 27.2 Å². The third-order valence-electron chi connectivity index (χ3n) is 2.77. The van der Waals surface area contributed by atoms with Gasteiger partial charge in [0, 0.05) is 6.54 Å². The van der Waals surface area contributed by atoms with Crippen molar-refractivity contribution in [2.75, 3.05) is 6.54 Å². The summed E-state index contributed by atoms with van der Waals surface area (Å²) in [6.07, 6.45) is -3.94. The van der Waals surface area contributed by atoms with Crippen LogP contribution in [0.25, 0.3) is 0 Å². The van der Waals surface area contributed by atoms with Gasteiger partial charge in [-0.2, -0.15) is 8.78 Å². The lowest BCUT2D eigenvalue weighted by Crippen LogP contribution is -2.52. The van der Waals surface area contributed by atoms with Gasteiger partial charge in [-0.15, -0.1) is 0 Å². The molecule has 1 N–H and O–H groups in total. The predicted octanol–water partition coefficient (Wildman–Crippen LogP) is 1.21. The lowest BCUT2D eigenvalue weighted by molar-refractivity contribution is -0.183. The van der Waals surface area contributed by atoms with Crippen LogP contribution in [0.5, 0.6) is 0 Å². The van der Waals surface area contributed by atoms with E-state index in [1.807, 2.05) is 0 Å². The summed E-state index contributed by atoms with van der Waals surface area (Å²) in [7, 11) is 0. The number of carbonyl (C=O) groups is 2. The smallest absolute Gasteiger partial charge is 0.383 e. The van der Waals surface area contributed by atoms with Gasteiger partial charge in [-0.05, 0) is 12.3 Å². The largest absolute Gasteiger partial charge is 0.480 e. The normalized spacial score (nSPS) is 25.4. The monoisotopic (exact) mass is 257 g/mol. The van der Waals surface area contributed by atoms with Crippen LogP contribution in [-0.2, 0) is 9.59 Å². The van der Waals surface area contributed by atoms with Crippen LogP contribution in [0.15, 0.2) is 0 Å². The summed E-state index contributed by atoms with van der Waals surface area (Å²) in [4.78, 5) is 22.3. The molecule has 98 valence electrons. The Kier molecular flexibility index (Phi) is 3.63. The molecule has 8 heteroatoms. The molecule has 17 heavy (non-hydrogen) atoms. The van der Waals surface area contributed by atoms with Gasteiger partial charge in [0.05, 0.1) is 0 Å². The van der Waals surface area contributed by atoms with E-state index in [0.717, 1.165) is 0 Å². The fraction of sp³-hybridized carbons (Fsp3) is 0.778. The number of nitrogens with zero attached hydrogens (tertiary/aromatic N) is 1. The van der Waals surface area contributed by atoms with E-state index >= 15 is 0 Å². The van der Waals surface area contributed by atoms with Crippen molar-refractivity contribution >= 4 is 11.9 Å². The summed E-state index contributed by atoms with van der Waals surface area (Å²) in [5.41, 5.74) is 0. The number of alkyl halides is 4. The number of carboxylic acid groups (broad SMARTS) is 1. The van der Waals surface area contributed by atoms with Gasteiger partial charge < -0.3 is 10.0 Å². The summed E-state index contributed by atoms with van der Waals surface area (Å²) in [6.45, 7) is 1.21. The quantitative estimate of drug-likeness (QED) is 0.773. The lowest BCUT2D eigenvalue weighted by atomic mass is 10.0. The Bertz CT molecular complexity index is 334. The average molecular weight is 257 g/mol. The summed E-state index contributed by atoms with van der Waals surface area (Å²) in [6, 6.07) is -1.47. The Morgan fingerprint density at radius 1 is 1.41 bits per heavy atom. The molecule has 0 bridgehead atoms. The van der Waals surface area contributed by atoms with Gasteiger partial charge in [0.2, 0.25) is 0 Å². The Balaban J connectivity index is 2.93. The molecule has 1 fully saturated rings. The molecule has 0 saturated carbocycles. The molecule has 1 aliphatic rings. The SMILES string of the molecule is CC1CCN(C(=O)C(F)(F)C(F)F)C1C(=O)O. The number of amides is 1. The number of hydrogen-bond acceptors (Lipinski definition) is 2. The highest BCUT2D eigenvalue weighted by atomic mass is 19.3. The molecule has 1 heterocycles. The number of carbonyl (C=O) groups excluding carboxylic acids is 1. The molecule has 1 saturated heterocycles. The van der Waals surface area contributed by atoms with Crippen molar-refractivity contribution in [2.45, 2.75) is 31.7 Å². The predicted molar refractivity (Wildman–Crippen MR) is 47.9 cm³/mol. The first-order chi connectivity index (χ1) is 7.69. The molecule has 1 aliphatic heterocycles. The van der Waals surface area contributed by atoms with E-state index in [1.165, 1.54) is 6.92 Å². The van der Waals surface area contributed by atoms with Gasteiger partial charge in [0.1, 0.15) is 6.04 Å². The first kappa shape index (κ1) is 13.7. The molecule has 0 aromatic carbocycles. The maximum atomic E-state index is 12.8. The summed E-state index contributed by atoms with van der Waals surface area (Å²) >= 11 is 0. The zero-order valence-corrected chi connectivity index (χ0v) is 8.87. The number of halogens is 4. The van der Waals surface area contributed by atoms with Crippen LogP contribution in [0, 0.1) is 5.92 Å². The Morgan fingerprint density at radius 3 is 2.35 bits per heavy atom. The zero-order valence-electron chi connectivity index (χ0n) is 8.87. The molecule has 4 nitrogen and oxygen atoms in total. The molecule has 0 radical (unpaired) electrons. The molecule has 0 spiro atoms. The number of aliphatic carboxylic acids is 1. The fourth-order valence-corrected chi connectivity index (χ4v) is 1.84. The van der Waals surface area contributed by atoms with E-state index in [-0.39, 0.29) is 13.0 Å². The molecule has 1 rings (SSSR count). The van der Waals surface area contributed by atoms with Crippen LogP contribution in [0.2, 0.25) is 0 Å².